The molecule has 0 amide bonds. The Labute approximate surface area is 102 Å². The molecule has 1 aliphatic rings. The van der Waals surface area contributed by atoms with Crippen molar-refractivity contribution in [1.29, 1.82) is 0 Å². The molecular formula is C11H11FN4S. The third-order valence-electron chi connectivity index (χ3n) is 2.43. The Balaban J connectivity index is 1.69. The molecular weight excluding hydrogens is 239 g/mol. The molecule has 1 aromatic carbocycles. The highest BCUT2D eigenvalue weighted by Crippen LogP contribution is 2.30. The smallest absolute Gasteiger partial charge is 0.168 e. The van der Waals surface area contributed by atoms with E-state index >= 15 is 0 Å². The monoisotopic (exact) mass is 250 g/mol. The predicted octanol–water partition coefficient (Wildman–Crippen LogP) is 2.65. The molecule has 1 atom stereocenters. The zero-order valence-corrected chi connectivity index (χ0v) is 9.96. The maximum absolute atomic E-state index is 12.7. The minimum absolute atomic E-state index is 0.0172. The van der Waals surface area contributed by atoms with Gasteiger partial charge in [0.15, 0.2) is 5.50 Å². The van der Waals surface area contributed by atoms with Crippen LogP contribution in [0.3, 0.4) is 0 Å². The van der Waals surface area contributed by atoms with Gasteiger partial charge in [-0.15, -0.1) is 0 Å². The van der Waals surface area contributed by atoms with Crippen LogP contribution in [-0.4, -0.2) is 14.7 Å². The van der Waals surface area contributed by atoms with Gasteiger partial charge in [0.25, 0.3) is 0 Å². The van der Waals surface area contributed by atoms with Gasteiger partial charge < -0.3 is 10.6 Å². The van der Waals surface area contributed by atoms with Crippen molar-refractivity contribution in [1.82, 2.24) is 9.19 Å². The first-order valence-electron chi connectivity index (χ1n) is 5.23. The summed E-state index contributed by atoms with van der Waals surface area (Å²) in [5.74, 6) is 0.748. The van der Waals surface area contributed by atoms with Gasteiger partial charge in [0.2, 0.25) is 0 Å². The molecule has 4 nitrogen and oxygen atoms in total. The van der Waals surface area contributed by atoms with Crippen LogP contribution in [0.4, 0.5) is 15.9 Å². The number of nitrogens with zero attached hydrogens (tertiary/aromatic N) is 2. The van der Waals surface area contributed by atoms with Crippen LogP contribution >= 0.6 is 11.9 Å². The van der Waals surface area contributed by atoms with Crippen LogP contribution in [0.2, 0.25) is 0 Å². The van der Waals surface area contributed by atoms with Gasteiger partial charge in [0, 0.05) is 23.7 Å². The van der Waals surface area contributed by atoms with E-state index in [-0.39, 0.29) is 11.3 Å². The zero-order chi connectivity index (χ0) is 11.8. The van der Waals surface area contributed by atoms with E-state index in [4.69, 9.17) is 0 Å². The number of benzene rings is 1. The number of rotatable bonds is 2. The molecule has 0 radical (unpaired) electrons. The molecule has 3 rings (SSSR count). The maximum Gasteiger partial charge on any atom is 0.168 e. The van der Waals surface area contributed by atoms with E-state index in [0.717, 1.165) is 17.2 Å². The van der Waals surface area contributed by atoms with Crippen LogP contribution in [-0.2, 0) is 0 Å². The van der Waals surface area contributed by atoms with E-state index in [1.807, 2.05) is 17.1 Å². The first-order valence-corrected chi connectivity index (χ1v) is 6.07. The van der Waals surface area contributed by atoms with Gasteiger partial charge >= 0.3 is 0 Å². The molecule has 0 saturated heterocycles. The standard InChI is InChI=1S/C11H11FN4S/c1-7-6-10-14-11(17-16(10)15-7)13-9-4-2-8(12)3-5-9/h2-6,11,13-14H,1H3/t11-/m1/s1. The Morgan fingerprint density at radius 3 is 2.88 bits per heavy atom. The van der Waals surface area contributed by atoms with Crippen molar-refractivity contribution < 1.29 is 4.39 Å². The van der Waals surface area contributed by atoms with E-state index in [1.54, 1.807) is 24.1 Å². The van der Waals surface area contributed by atoms with Crippen molar-refractivity contribution >= 4 is 23.5 Å². The number of hydrogen-bond donors (Lipinski definition) is 2. The van der Waals surface area contributed by atoms with Crippen LogP contribution in [0.5, 0.6) is 0 Å². The SMILES string of the molecule is Cc1cc2n(n1)S[C@H](Nc1ccc(F)cc1)N2. The summed E-state index contributed by atoms with van der Waals surface area (Å²) in [6, 6.07) is 8.28. The predicted molar refractivity (Wildman–Crippen MR) is 67.4 cm³/mol. The molecule has 2 heterocycles. The second-order valence-corrected chi connectivity index (χ2v) is 4.85. The van der Waals surface area contributed by atoms with Crippen molar-refractivity contribution in [3.05, 3.63) is 41.8 Å². The molecule has 6 heteroatoms. The van der Waals surface area contributed by atoms with E-state index in [1.165, 1.54) is 12.1 Å². The zero-order valence-electron chi connectivity index (χ0n) is 9.14. The minimum Gasteiger partial charge on any atom is -0.355 e. The molecule has 17 heavy (non-hydrogen) atoms. The normalized spacial score (nSPS) is 17.6. The summed E-state index contributed by atoms with van der Waals surface area (Å²) in [6.45, 7) is 1.95. The molecule has 2 N–H and O–H groups in total. The number of nitrogens with one attached hydrogen (secondary N) is 2. The van der Waals surface area contributed by atoms with Crippen molar-refractivity contribution in [2.45, 2.75) is 12.4 Å². The molecule has 0 aliphatic carbocycles. The summed E-state index contributed by atoms with van der Waals surface area (Å²) in [6.07, 6.45) is 0. The third-order valence-corrected chi connectivity index (χ3v) is 3.35. The van der Waals surface area contributed by atoms with Crippen LogP contribution in [0, 0.1) is 12.7 Å². The van der Waals surface area contributed by atoms with Gasteiger partial charge in [-0.25, -0.2) is 4.39 Å². The summed E-state index contributed by atoms with van der Waals surface area (Å²) in [5, 5.41) is 10.8. The van der Waals surface area contributed by atoms with Crippen LogP contribution < -0.4 is 10.6 Å². The number of aromatic nitrogens is 2. The molecule has 0 fully saturated rings. The summed E-state index contributed by atoms with van der Waals surface area (Å²) in [5.41, 5.74) is 1.88. The van der Waals surface area contributed by atoms with Crippen LogP contribution in [0.15, 0.2) is 30.3 Å². The Morgan fingerprint density at radius 2 is 2.18 bits per heavy atom. The highest BCUT2D eigenvalue weighted by Gasteiger charge is 2.22. The van der Waals surface area contributed by atoms with Crippen molar-refractivity contribution in [2.75, 3.05) is 10.6 Å². The lowest BCUT2D eigenvalue weighted by Gasteiger charge is -2.12. The van der Waals surface area contributed by atoms with Gasteiger partial charge in [0.05, 0.1) is 5.69 Å². The molecule has 88 valence electrons. The van der Waals surface area contributed by atoms with Gasteiger partial charge in [0.1, 0.15) is 11.6 Å². The van der Waals surface area contributed by atoms with E-state index < -0.39 is 0 Å². The van der Waals surface area contributed by atoms with Crippen LogP contribution in [0.1, 0.15) is 5.69 Å². The molecule has 1 aromatic heterocycles. The Morgan fingerprint density at radius 1 is 1.41 bits per heavy atom. The third kappa shape index (κ3) is 2.08. The second-order valence-electron chi connectivity index (χ2n) is 3.82. The molecule has 0 saturated carbocycles. The molecule has 0 bridgehead atoms. The van der Waals surface area contributed by atoms with E-state index in [0.29, 0.717) is 0 Å². The quantitative estimate of drug-likeness (QED) is 0.860. The lowest BCUT2D eigenvalue weighted by Crippen LogP contribution is -2.21. The molecule has 1 aliphatic heterocycles. The summed E-state index contributed by atoms with van der Waals surface area (Å²) >= 11 is 1.55. The second kappa shape index (κ2) is 3.96. The number of fused-ring (bicyclic) bond motifs is 1. The van der Waals surface area contributed by atoms with E-state index in [9.17, 15) is 4.39 Å². The number of halogens is 1. The molecule has 0 spiro atoms. The van der Waals surface area contributed by atoms with Crippen LogP contribution in [0.25, 0.3) is 0 Å². The fourth-order valence-corrected chi connectivity index (χ4v) is 2.63. The average molecular weight is 250 g/mol. The number of aryl methyl sites for hydroxylation is 1. The first-order chi connectivity index (χ1) is 8.20. The van der Waals surface area contributed by atoms with Crippen molar-refractivity contribution in [3.63, 3.8) is 0 Å². The Bertz CT molecular complexity index is 513. The fraction of sp³-hybridized carbons (Fsp3) is 0.182. The lowest BCUT2D eigenvalue weighted by molar-refractivity contribution is 0.628. The van der Waals surface area contributed by atoms with Gasteiger partial charge in [-0.3, -0.25) is 0 Å². The summed E-state index contributed by atoms with van der Waals surface area (Å²) < 4.78 is 14.6. The Hall–Kier alpha value is -1.69. The lowest BCUT2D eigenvalue weighted by atomic mass is 10.3. The van der Waals surface area contributed by atoms with E-state index in [2.05, 4.69) is 15.7 Å². The topological polar surface area (TPSA) is 41.9 Å². The highest BCUT2D eigenvalue weighted by atomic mass is 32.2. The number of anilines is 2. The largest absolute Gasteiger partial charge is 0.355 e. The van der Waals surface area contributed by atoms with Gasteiger partial charge in [-0.1, -0.05) is 0 Å². The average Bonchev–Trinajstić information content (AvgIpc) is 2.78. The summed E-state index contributed by atoms with van der Waals surface area (Å²) in [4.78, 5) is 0. The molecule has 0 unspecified atom stereocenters. The van der Waals surface area contributed by atoms with Gasteiger partial charge in [-0.05, 0) is 31.2 Å². The summed E-state index contributed by atoms with van der Waals surface area (Å²) in [7, 11) is 0. The van der Waals surface area contributed by atoms with Crippen molar-refractivity contribution in [2.24, 2.45) is 0 Å². The van der Waals surface area contributed by atoms with Gasteiger partial charge in [-0.2, -0.15) is 9.19 Å². The fourth-order valence-electron chi connectivity index (χ4n) is 1.68. The highest BCUT2D eigenvalue weighted by molar-refractivity contribution is 7.98. The Kier molecular flexibility index (Phi) is 2.44. The maximum atomic E-state index is 12.7. The molecule has 2 aromatic rings. The first kappa shape index (κ1) is 10.5. The number of hydrogen-bond acceptors (Lipinski definition) is 4. The minimum atomic E-state index is -0.230. The van der Waals surface area contributed by atoms with Crippen molar-refractivity contribution in [3.8, 4) is 0 Å².